The first kappa shape index (κ1) is 46.4. The quantitative estimate of drug-likeness (QED) is 0.139. The molecule has 5 heteroatoms. The van der Waals surface area contributed by atoms with E-state index in [1.54, 1.807) is 0 Å². The number of imidazole rings is 1. The van der Waals surface area contributed by atoms with E-state index in [1.165, 1.54) is 74.5 Å². The number of hydrogen-bond acceptors (Lipinski definition) is 3. The summed E-state index contributed by atoms with van der Waals surface area (Å²) >= 11 is 0. The minimum atomic E-state index is -0.144. The predicted octanol–water partition coefficient (Wildman–Crippen LogP) is 17.0. The van der Waals surface area contributed by atoms with Crippen LogP contribution in [0.15, 0.2) is 170 Å². The fraction of sp³-hybridized carbons (Fsp3) is 0.250. The maximum absolute atomic E-state index is 11.9. The molecule has 9 aromatic rings. The number of aromatic nitrogens is 3. The monoisotopic (exact) mass is 1080 g/mol. The fourth-order valence-electron chi connectivity index (χ4n) is 11.0. The fourth-order valence-corrected chi connectivity index (χ4v) is 11.0. The first-order chi connectivity index (χ1) is 33.2. The number of hydrogen-bond donors (Lipinski definition) is 1. The van der Waals surface area contributed by atoms with Gasteiger partial charge in [-0.05, 0) is 112 Å². The minimum absolute atomic E-state index is 0. The molecule has 11 rings (SSSR count). The van der Waals surface area contributed by atoms with Gasteiger partial charge in [-0.15, -0.1) is 23.8 Å². The van der Waals surface area contributed by atoms with Crippen LogP contribution in [-0.4, -0.2) is 19.6 Å². The van der Waals surface area contributed by atoms with Crippen molar-refractivity contribution in [3.63, 3.8) is 0 Å². The first-order valence-corrected chi connectivity index (χ1v) is 25.0. The van der Waals surface area contributed by atoms with Gasteiger partial charge in [-0.3, -0.25) is 9.55 Å². The van der Waals surface area contributed by atoms with Gasteiger partial charge in [0.25, 0.3) is 0 Å². The van der Waals surface area contributed by atoms with E-state index < -0.39 is 0 Å². The summed E-state index contributed by atoms with van der Waals surface area (Å²) in [5, 5.41) is 11.9. The molecule has 2 heterocycles. The summed E-state index contributed by atoms with van der Waals surface area (Å²) < 4.78 is 2.29. The zero-order chi connectivity index (χ0) is 46.2. The number of pyridine rings is 1. The third kappa shape index (κ3) is 9.66. The number of rotatable bonds is 10. The van der Waals surface area contributed by atoms with Crippen LogP contribution in [0.25, 0.3) is 83.9 Å². The van der Waals surface area contributed by atoms with E-state index in [2.05, 4.69) is 183 Å². The van der Waals surface area contributed by atoms with Crippen molar-refractivity contribution in [2.24, 2.45) is 5.92 Å². The van der Waals surface area contributed by atoms with Gasteiger partial charge in [0.2, 0.25) is 0 Å². The number of phenolic OH excluding ortho intramolecular Hbond substituents is 1. The molecule has 2 fully saturated rings. The van der Waals surface area contributed by atoms with Crippen molar-refractivity contribution in [3.8, 4) is 78.6 Å². The normalized spacial score (nSPS) is 14.5. The molecule has 7 aromatic carbocycles. The van der Waals surface area contributed by atoms with E-state index in [0.29, 0.717) is 17.3 Å². The minimum Gasteiger partial charge on any atom is -0.507 e. The Morgan fingerprint density at radius 2 is 1.28 bits per heavy atom. The average Bonchev–Trinajstić information content (AvgIpc) is 4.05. The van der Waals surface area contributed by atoms with Gasteiger partial charge in [-0.1, -0.05) is 198 Å². The van der Waals surface area contributed by atoms with Crippen molar-refractivity contribution in [1.82, 2.24) is 14.5 Å². The molecule has 0 aliphatic heterocycles. The Kier molecular flexibility index (Phi) is 13.4. The van der Waals surface area contributed by atoms with Crippen LogP contribution in [0.1, 0.15) is 101 Å². The Balaban J connectivity index is 0.00000553. The van der Waals surface area contributed by atoms with Crippen LogP contribution in [0.3, 0.4) is 0 Å². The van der Waals surface area contributed by atoms with Gasteiger partial charge in [0.1, 0.15) is 11.6 Å². The van der Waals surface area contributed by atoms with E-state index in [0.717, 1.165) is 84.8 Å². The molecule has 0 spiro atoms. The smallest absolute Gasteiger partial charge is 0.148 e. The number of phenols is 1. The van der Waals surface area contributed by atoms with E-state index in [9.17, 15) is 5.11 Å². The molecule has 2 saturated carbocycles. The Hall–Kier alpha value is -6.35. The molecule has 0 saturated heterocycles. The Labute approximate surface area is 422 Å². The van der Waals surface area contributed by atoms with Crippen LogP contribution in [0.4, 0.5) is 0 Å². The second-order valence-electron chi connectivity index (χ2n) is 20.4. The van der Waals surface area contributed by atoms with E-state index in [1.807, 2.05) is 18.3 Å². The van der Waals surface area contributed by atoms with E-state index in [-0.39, 0.29) is 32.2 Å². The molecule has 2 aromatic heterocycles. The molecule has 0 unspecified atom stereocenters. The van der Waals surface area contributed by atoms with Crippen molar-refractivity contribution < 1.29 is 26.2 Å². The van der Waals surface area contributed by atoms with Gasteiger partial charge in [-0.25, -0.2) is 4.98 Å². The van der Waals surface area contributed by atoms with Crippen LogP contribution in [0.5, 0.6) is 5.75 Å². The summed E-state index contributed by atoms with van der Waals surface area (Å²) in [4.78, 5) is 10.6. The predicted molar refractivity (Wildman–Crippen MR) is 282 cm³/mol. The van der Waals surface area contributed by atoms with Gasteiger partial charge in [-0.2, -0.15) is 0 Å². The number of nitrogens with zero attached hydrogens (tertiary/aromatic N) is 3. The zero-order valence-corrected chi connectivity index (χ0v) is 42.3. The number of fused-ring (bicyclic) bond motifs is 1. The van der Waals surface area contributed by atoms with Crippen LogP contribution in [0.2, 0.25) is 0 Å². The third-order valence-electron chi connectivity index (χ3n) is 14.8. The van der Waals surface area contributed by atoms with Crippen molar-refractivity contribution in [3.05, 3.63) is 193 Å². The standard InChI is InChI=1S/C64H60N3O.Pt/c1-64(2,3)54-31-33-61(68)57(42-54)63-66-62-55(24-15-25-60(62)67(63)59-32-26-44(36-43-16-13-14-17-43)37-56(59)49-22-11-6-12-23-49)52-38-51(46-20-9-5-10-21-46)39-53(40-52)58-41-50(34-35-65-58)48-29-27-47(28-30-48)45-18-7-4-8-19-45;/h5-6,9-12,15,20-35,37-39,41-43,45,68H,4,7-8,13-14,16-19,36H2,1-3H3;/q-1;. The first-order valence-electron chi connectivity index (χ1n) is 25.0. The van der Waals surface area contributed by atoms with Gasteiger partial charge in [0, 0.05) is 38.5 Å². The molecule has 1 N–H and O–H groups in total. The SMILES string of the molecule is CC(C)(C)c1ccc(O)c(-c2nc3c(-c4[c-]c(-c5cc(-c6ccc(C7CCCCC7)cc6)ccn5)cc(-c5ccccc5)c4)cccc3n2-c2ccc(CC3CCCC3)cc2-c2ccccc2)c1.[Pt]. The summed E-state index contributed by atoms with van der Waals surface area (Å²) in [6.45, 7) is 6.64. The van der Waals surface area contributed by atoms with Crippen LogP contribution >= 0.6 is 0 Å². The molecule has 0 amide bonds. The number of para-hydroxylation sites is 1. The van der Waals surface area contributed by atoms with Crippen molar-refractivity contribution in [1.29, 1.82) is 0 Å². The molecule has 348 valence electrons. The second-order valence-corrected chi connectivity index (χ2v) is 20.4. The summed E-state index contributed by atoms with van der Waals surface area (Å²) in [6.07, 6.45) is 14.8. The molecule has 4 nitrogen and oxygen atoms in total. The van der Waals surface area contributed by atoms with E-state index in [4.69, 9.17) is 9.97 Å². The van der Waals surface area contributed by atoms with Gasteiger partial charge >= 0.3 is 0 Å². The van der Waals surface area contributed by atoms with Crippen molar-refractivity contribution in [2.45, 2.75) is 96.3 Å². The molecular weight excluding hydrogens is 1020 g/mol. The third-order valence-corrected chi connectivity index (χ3v) is 14.8. The van der Waals surface area contributed by atoms with Gasteiger partial charge in [0.05, 0.1) is 22.3 Å². The largest absolute Gasteiger partial charge is 0.507 e. The topological polar surface area (TPSA) is 50.9 Å². The van der Waals surface area contributed by atoms with Crippen LogP contribution in [0, 0.1) is 12.0 Å². The second kappa shape index (κ2) is 19.9. The van der Waals surface area contributed by atoms with Crippen LogP contribution < -0.4 is 0 Å². The zero-order valence-electron chi connectivity index (χ0n) is 40.0. The maximum atomic E-state index is 11.9. The molecule has 0 atom stereocenters. The Morgan fingerprint density at radius 3 is 2.01 bits per heavy atom. The average molecular weight is 1080 g/mol. The summed E-state index contributed by atoms with van der Waals surface area (Å²) in [7, 11) is 0. The van der Waals surface area contributed by atoms with E-state index >= 15 is 0 Å². The van der Waals surface area contributed by atoms with Crippen molar-refractivity contribution in [2.75, 3.05) is 0 Å². The number of aromatic hydroxyl groups is 1. The Bertz CT molecular complexity index is 3230. The molecular formula is C64H60N3OPt-. The molecule has 0 bridgehead atoms. The van der Waals surface area contributed by atoms with Crippen molar-refractivity contribution >= 4 is 11.0 Å². The molecule has 2 aliphatic rings. The molecule has 2 aliphatic carbocycles. The maximum Gasteiger partial charge on any atom is 0.148 e. The summed E-state index contributed by atoms with van der Waals surface area (Å²) in [5.74, 6) is 2.28. The number of benzene rings is 7. The molecule has 69 heavy (non-hydrogen) atoms. The van der Waals surface area contributed by atoms with Gasteiger partial charge < -0.3 is 5.11 Å². The van der Waals surface area contributed by atoms with Gasteiger partial charge in [0.15, 0.2) is 0 Å². The Morgan fingerprint density at radius 1 is 0.580 bits per heavy atom. The van der Waals surface area contributed by atoms with Crippen LogP contribution in [-0.2, 0) is 32.9 Å². The molecule has 0 radical (unpaired) electrons. The summed E-state index contributed by atoms with van der Waals surface area (Å²) in [6, 6.07) is 62.7. The summed E-state index contributed by atoms with van der Waals surface area (Å²) in [5.41, 5.74) is 17.8.